The Hall–Kier alpha value is -3.15. The number of amidine groups is 1. The van der Waals surface area contributed by atoms with Crippen molar-refractivity contribution in [2.24, 2.45) is 16.8 Å². The summed E-state index contributed by atoms with van der Waals surface area (Å²) in [6.07, 6.45) is -2.12. The first-order valence-electron chi connectivity index (χ1n) is 13.3. The zero-order valence-electron chi connectivity index (χ0n) is 22.1. The third-order valence-corrected chi connectivity index (χ3v) is 8.83. The maximum absolute atomic E-state index is 13.5. The van der Waals surface area contributed by atoms with Crippen molar-refractivity contribution in [1.29, 1.82) is 0 Å². The third-order valence-electron chi connectivity index (χ3n) is 7.78. The number of hydrogen-bond acceptors (Lipinski definition) is 5. The largest absolute Gasteiger partial charge is 0.493 e. The lowest BCUT2D eigenvalue weighted by Crippen LogP contribution is -2.43. The minimum atomic E-state index is -5.00. The molecule has 0 radical (unpaired) electrons. The fourth-order valence-electron chi connectivity index (χ4n) is 5.65. The summed E-state index contributed by atoms with van der Waals surface area (Å²) in [6.45, 7) is 1.15. The quantitative estimate of drug-likeness (QED) is 0.260. The average molecular weight is 599 g/mol. The van der Waals surface area contributed by atoms with Crippen LogP contribution in [0.5, 0.6) is 11.5 Å². The molecule has 0 N–H and O–H groups in total. The number of fused-ring (bicyclic) bond motifs is 1. The number of nitrogens with zero attached hydrogens (tertiary/aromatic N) is 2. The van der Waals surface area contributed by atoms with Gasteiger partial charge in [-0.2, -0.15) is 31.3 Å². The monoisotopic (exact) mass is 598 g/mol. The number of methoxy groups -OCH3 is 1. The van der Waals surface area contributed by atoms with E-state index < -0.39 is 35.6 Å². The van der Waals surface area contributed by atoms with Crippen LogP contribution in [0.3, 0.4) is 0 Å². The van der Waals surface area contributed by atoms with Crippen LogP contribution in [0.2, 0.25) is 0 Å². The summed E-state index contributed by atoms with van der Waals surface area (Å²) in [5.41, 5.74) is -2.67. The SMILES string of the molecule is COc1cc(/C=C2\SC(N3CCC4CCCCC4C3)=NC2=O)ccc1OCc1ccc(C(F)(F)F)cc1C(F)(F)F. The van der Waals surface area contributed by atoms with Crippen LogP contribution in [-0.2, 0) is 23.8 Å². The van der Waals surface area contributed by atoms with Crippen LogP contribution in [-0.4, -0.2) is 36.2 Å². The molecule has 2 aromatic carbocycles. The number of ether oxygens (including phenoxy) is 2. The molecular weight excluding hydrogens is 570 g/mol. The Morgan fingerprint density at radius 2 is 1.73 bits per heavy atom. The lowest BCUT2D eigenvalue weighted by molar-refractivity contribution is -0.143. The van der Waals surface area contributed by atoms with Crippen molar-refractivity contribution < 1.29 is 40.6 Å². The van der Waals surface area contributed by atoms with E-state index in [4.69, 9.17) is 9.47 Å². The van der Waals surface area contributed by atoms with Gasteiger partial charge >= 0.3 is 12.4 Å². The number of piperidine rings is 1. The topological polar surface area (TPSA) is 51.1 Å². The Labute approximate surface area is 237 Å². The first-order valence-corrected chi connectivity index (χ1v) is 14.1. The summed E-state index contributed by atoms with van der Waals surface area (Å²) in [6, 6.07) is 6.08. The molecule has 0 aromatic heterocycles. The molecule has 0 bridgehead atoms. The smallest absolute Gasteiger partial charge is 0.416 e. The second-order valence-electron chi connectivity index (χ2n) is 10.4. The van der Waals surface area contributed by atoms with Gasteiger partial charge in [-0.1, -0.05) is 31.4 Å². The first kappa shape index (κ1) is 29.3. The van der Waals surface area contributed by atoms with Crippen molar-refractivity contribution in [1.82, 2.24) is 4.90 Å². The normalized spacial score (nSPS) is 22.5. The highest BCUT2D eigenvalue weighted by molar-refractivity contribution is 8.18. The van der Waals surface area contributed by atoms with Crippen molar-refractivity contribution in [3.63, 3.8) is 0 Å². The van der Waals surface area contributed by atoms with Crippen LogP contribution < -0.4 is 9.47 Å². The number of thioether (sulfide) groups is 1. The van der Waals surface area contributed by atoms with Gasteiger partial charge in [-0.3, -0.25) is 4.79 Å². The molecule has 1 saturated carbocycles. The molecule has 2 fully saturated rings. The fourth-order valence-corrected chi connectivity index (χ4v) is 6.60. The molecular formula is C29H28F6N2O3S. The lowest BCUT2D eigenvalue weighted by Gasteiger charge is -2.41. The molecule has 3 aliphatic rings. The van der Waals surface area contributed by atoms with Crippen molar-refractivity contribution >= 4 is 28.9 Å². The Kier molecular flexibility index (Phi) is 8.31. The molecule has 2 heterocycles. The maximum atomic E-state index is 13.5. The number of carbonyl (C=O) groups is 1. The number of rotatable bonds is 5. The van der Waals surface area contributed by atoms with Gasteiger partial charge < -0.3 is 14.4 Å². The van der Waals surface area contributed by atoms with E-state index >= 15 is 0 Å². The van der Waals surface area contributed by atoms with E-state index in [-0.39, 0.29) is 23.5 Å². The Bertz CT molecular complexity index is 1370. The van der Waals surface area contributed by atoms with Crippen LogP contribution >= 0.6 is 11.8 Å². The van der Waals surface area contributed by atoms with Crippen molar-refractivity contribution in [2.45, 2.75) is 51.1 Å². The number of hydrogen-bond donors (Lipinski definition) is 0. The van der Waals surface area contributed by atoms with Crippen molar-refractivity contribution in [3.8, 4) is 11.5 Å². The zero-order chi connectivity index (χ0) is 29.4. The van der Waals surface area contributed by atoms with Crippen molar-refractivity contribution in [3.05, 3.63) is 63.6 Å². The van der Waals surface area contributed by atoms with Gasteiger partial charge in [-0.15, -0.1) is 0 Å². The number of aliphatic imine (C=N–C) groups is 1. The summed E-state index contributed by atoms with van der Waals surface area (Å²) in [4.78, 5) is 19.6. The van der Waals surface area contributed by atoms with Gasteiger partial charge in [0.2, 0.25) is 0 Å². The maximum Gasteiger partial charge on any atom is 0.416 e. The number of halogens is 6. The number of likely N-dealkylation sites (tertiary alicyclic amines) is 1. The van der Waals surface area contributed by atoms with E-state index in [1.165, 1.54) is 50.6 Å². The predicted molar refractivity (Wildman–Crippen MR) is 143 cm³/mol. The summed E-state index contributed by atoms with van der Waals surface area (Å²) in [5, 5.41) is 0.703. The Morgan fingerprint density at radius 1 is 0.976 bits per heavy atom. The fraction of sp³-hybridized carbons (Fsp3) is 0.448. The summed E-state index contributed by atoms with van der Waals surface area (Å²) >= 11 is 1.32. The molecule has 1 amide bonds. The lowest BCUT2D eigenvalue weighted by atomic mass is 9.75. The van der Waals surface area contributed by atoms with Crippen LogP contribution in [0, 0.1) is 11.8 Å². The molecule has 12 heteroatoms. The van der Waals surface area contributed by atoms with E-state index in [0.29, 0.717) is 27.6 Å². The minimum absolute atomic E-state index is 0.0786. The van der Waals surface area contributed by atoms with Gasteiger partial charge in [0.05, 0.1) is 23.1 Å². The molecule has 2 aliphatic heterocycles. The highest BCUT2D eigenvalue weighted by Crippen LogP contribution is 2.41. The van der Waals surface area contributed by atoms with Crippen LogP contribution in [0.1, 0.15) is 54.4 Å². The van der Waals surface area contributed by atoms with E-state index in [2.05, 4.69) is 9.89 Å². The number of benzene rings is 2. The van der Waals surface area contributed by atoms with Gasteiger partial charge in [-0.25, -0.2) is 0 Å². The number of carbonyl (C=O) groups excluding carboxylic acids is 1. The molecule has 1 saturated heterocycles. The molecule has 5 rings (SSSR count). The van der Waals surface area contributed by atoms with E-state index in [1.807, 2.05) is 0 Å². The van der Waals surface area contributed by atoms with Crippen LogP contribution in [0.15, 0.2) is 46.3 Å². The molecule has 2 aromatic rings. The van der Waals surface area contributed by atoms with E-state index in [0.717, 1.165) is 31.5 Å². The average Bonchev–Trinajstić information content (AvgIpc) is 3.30. The highest BCUT2D eigenvalue weighted by Gasteiger charge is 2.38. The third kappa shape index (κ3) is 6.68. The van der Waals surface area contributed by atoms with Gasteiger partial charge in [0.1, 0.15) is 6.61 Å². The first-order chi connectivity index (χ1) is 19.4. The molecule has 2 atom stereocenters. The standard InChI is InChI=1S/C29H28F6N2O3S/c1-39-24-12-17(13-25-26(38)36-27(41-25)37-11-10-18-4-2-3-5-19(18)15-37)6-9-23(24)40-16-20-7-8-21(28(30,31)32)14-22(20)29(33,34)35/h6-9,12-14,18-19H,2-5,10-11,15-16H2,1H3/b25-13-. The molecule has 1 aliphatic carbocycles. The summed E-state index contributed by atoms with van der Waals surface area (Å²) in [5.74, 6) is 1.34. The number of alkyl halides is 6. The Balaban J connectivity index is 1.28. The predicted octanol–water partition coefficient (Wildman–Crippen LogP) is 7.79. The highest BCUT2D eigenvalue weighted by atomic mass is 32.2. The van der Waals surface area contributed by atoms with Gasteiger partial charge in [0.25, 0.3) is 5.91 Å². The van der Waals surface area contributed by atoms with E-state index in [9.17, 15) is 31.1 Å². The zero-order valence-corrected chi connectivity index (χ0v) is 23.0. The molecule has 2 unspecified atom stereocenters. The Morgan fingerprint density at radius 3 is 2.44 bits per heavy atom. The van der Waals surface area contributed by atoms with E-state index in [1.54, 1.807) is 18.2 Å². The van der Waals surface area contributed by atoms with Crippen LogP contribution in [0.25, 0.3) is 6.08 Å². The second-order valence-corrected chi connectivity index (χ2v) is 11.4. The summed E-state index contributed by atoms with van der Waals surface area (Å²) in [7, 11) is 1.35. The minimum Gasteiger partial charge on any atom is -0.493 e. The van der Waals surface area contributed by atoms with Gasteiger partial charge in [-0.05, 0) is 72.3 Å². The van der Waals surface area contributed by atoms with Crippen LogP contribution in [0.4, 0.5) is 26.3 Å². The molecule has 41 heavy (non-hydrogen) atoms. The number of amides is 1. The molecule has 0 spiro atoms. The van der Waals surface area contributed by atoms with Gasteiger partial charge in [0, 0.05) is 18.7 Å². The summed E-state index contributed by atoms with van der Waals surface area (Å²) < 4.78 is 90.2. The second kappa shape index (κ2) is 11.6. The van der Waals surface area contributed by atoms with Crippen molar-refractivity contribution in [2.75, 3.05) is 20.2 Å². The molecule has 220 valence electrons. The molecule has 5 nitrogen and oxygen atoms in total. The van der Waals surface area contributed by atoms with Gasteiger partial charge in [0.15, 0.2) is 16.7 Å².